The number of carbonyl (C=O) groups is 2. The highest BCUT2D eigenvalue weighted by Crippen LogP contribution is 2.21. The Kier molecular flexibility index (Phi) is 3.34. The van der Waals surface area contributed by atoms with Gasteiger partial charge >= 0.3 is 5.97 Å². The predicted octanol–water partition coefficient (Wildman–Crippen LogP) is 1.34. The van der Waals surface area contributed by atoms with Gasteiger partial charge in [0.1, 0.15) is 0 Å². The van der Waals surface area contributed by atoms with Crippen molar-refractivity contribution < 1.29 is 19.6 Å². The second-order valence-electron chi connectivity index (χ2n) is 3.28. The molecule has 0 aliphatic heterocycles. The maximum atomic E-state index is 10.7. The summed E-state index contributed by atoms with van der Waals surface area (Å²) in [7, 11) is 0. The van der Waals surface area contributed by atoms with Gasteiger partial charge in [-0.3, -0.25) is 19.7 Å². The number of hydrogen-bond acceptors (Lipinski definition) is 4. The molecule has 1 aromatic rings. The van der Waals surface area contributed by atoms with E-state index >= 15 is 0 Å². The van der Waals surface area contributed by atoms with E-state index in [1.54, 1.807) is 0 Å². The Balaban J connectivity index is 3.33. The number of nitro groups is 1. The van der Waals surface area contributed by atoms with Crippen molar-refractivity contribution in [1.82, 2.24) is 0 Å². The van der Waals surface area contributed by atoms with Gasteiger partial charge in [0, 0.05) is 17.7 Å². The fraction of sp³-hybridized carbons (Fsp3) is 0.200. The molecule has 16 heavy (non-hydrogen) atoms. The van der Waals surface area contributed by atoms with Crippen molar-refractivity contribution in [2.24, 2.45) is 0 Å². The molecule has 1 rings (SSSR count). The van der Waals surface area contributed by atoms with Crippen LogP contribution >= 0.6 is 0 Å². The van der Waals surface area contributed by atoms with Crippen LogP contribution in [0.1, 0.15) is 21.5 Å². The highest BCUT2D eigenvalue weighted by molar-refractivity contribution is 5.83. The van der Waals surface area contributed by atoms with Gasteiger partial charge in [0.05, 0.1) is 11.3 Å². The van der Waals surface area contributed by atoms with E-state index in [-0.39, 0.29) is 17.7 Å². The lowest BCUT2D eigenvalue weighted by Crippen LogP contribution is -2.06. The van der Waals surface area contributed by atoms with Crippen LogP contribution in [-0.2, 0) is 11.2 Å². The van der Waals surface area contributed by atoms with Gasteiger partial charge in [-0.05, 0) is 18.1 Å². The van der Waals surface area contributed by atoms with E-state index in [0.29, 0.717) is 17.4 Å². The molecule has 0 fully saturated rings. The largest absolute Gasteiger partial charge is 0.481 e. The van der Waals surface area contributed by atoms with Crippen LogP contribution in [0, 0.1) is 17.0 Å². The van der Waals surface area contributed by atoms with E-state index in [1.165, 1.54) is 13.0 Å². The number of aliphatic carboxylic acids is 1. The second kappa shape index (κ2) is 4.52. The molecule has 84 valence electrons. The third-order valence-electron chi connectivity index (χ3n) is 2.16. The summed E-state index contributed by atoms with van der Waals surface area (Å²) in [6, 6.07) is 2.34. The van der Waals surface area contributed by atoms with Crippen LogP contribution < -0.4 is 0 Å². The van der Waals surface area contributed by atoms with Crippen LogP contribution in [-0.4, -0.2) is 22.3 Å². The first-order chi connectivity index (χ1) is 7.45. The minimum Gasteiger partial charge on any atom is -0.481 e. The molecule has 0 heterocycles. The zero-order valence-corrected chi connectivity index (χ0v) is 8.47. The smallest absolute Gasteiger partial charge is 0.307 e. The van der Waals surface area contributed by atoms with E-state index in [0.717, 1.165) is 6.07 Å². The molecule has 0 aromatic heterocycles. The van der Waals surface area contributed by atoms with Crippen LogP contribution in [0.15, 0.2) is 12.1 Å². The fourth-order valence-corrected chi connectivity index (χ4v) is 1.43. The Hall–Kier alpha value is -2.24. The van der Waals surface area contributed by atoms with Gasteiger partial charge in [0.25, 0.3) is 5.69 Å². The molecular formula is C10H9NO5. The summed E-state index contributed by atoms with van der Waals surface area (Å²) in [5.74, 6) is -1.08. The number of benzene rings is 1. The van der Waals surface area contributed by atoms with E-state index in [9.17, 15) is 19.7 Å². The summed E-state index contributed by atoms with van der Waals surface area (Å²) in [5.41, 5.74) is 0.578. The minimum atomic E-state index is -1.08. The molecule has 0 radical (unpaired) electrons. The Bertz CT molecular complexity index is 467. The molecule has 0 saturated carbocycles. The topological polar surface area (TPSA) is 97.5 Å². The molecule has 0 atom stereocenters. The van der Waals surface area contributed by atoms with Crippen molar-refractivity contribution in [3.63, 3.8) is 0 Å². The standard InChI is InChI=1S/C10H9NO5/c1-6-2-8(11(15)16)3-7(5-12)9(6)4-10(13)14/h2-3,5H,4H2,1H3,(H,13,14). The van der Waals surface area contributed by atoms with Gasteiger partial charge in [-0.1, -0.05) is 0 Å². The number of carboxylic acids is 1. The SMILES string of the molecule is Cc1cc([N+](=O)[O-])cc(C=O)c1CC(=O)O. The monoisotopic (exact) mass is 223 g/mol. The summed E-state index contributed by atoms with van der Waals surface area (Å²) < 4.78 is 0. The van der Waals surface area contributed by atoms with Crippen LogP contribution in [0.5, 0.6) is 0 Å². The van der Waals surface area contributed by atoms with Gasteiger partial charge in [-0.25, -0.2) is 0 Å². The van der Waals surface area contributed by atoms with Gasteiger partial charge in [-0.15, -0.1) is 0 Å². The van der Waals surface area contributed by atoms with Crippen LogP contribution in [0.4, 0.5) is 5.69 Å². The van der Waals surface area contributed by atoms with E-state index in [2.05, 4.69) is 0 Å². The summed E-state index contributed by atoms with van der Waals surface area (Å²) in [6.45, 7) is 1.54. The van der Waals surface area contributed by atoms with Crippen LogP contribution in [0.3, 0.4) is 0 Å². The average Bonchev–Trinajstić information content (AvgIpc) is 2.19. The molecule has 6 heteroatoms. The predicted molar refractivity (Wildman–Crippen MR) is 54.6 cm³/mol. The van der Waals surface area contributed by atoms with Crippen molar-refractivity contribution in [1.29, 1.82) is 0 Å². The first-order valence-corrected chi connectivity index (χ1v) is 4.40. The van der Waals surface area contributed by atoms with Crippen molar-refractivity contribution in [2.75, 3.05) is 0 Å². The third kappa shape index (κ3) is 2.41. The molecular weight excluding hydrogens is 214 g/mol. The van der Waals surface area contributed by atoms with Crippen molar-refractivity contribution in [3.05, 3.63) is 38.9 Å². The third-order valence-corrected chi connectivity index (χ3v) is 2.16. The fourth-order valence-electron chi connectivity index (χ4n) is 1.43. The molecule has 1 aromatic carbocycles. The first-order valence-electron chi connectivity index (χ1n) is 4.40. The zero-order valence-electron chi connectivity index (χ0n) is 8.47. The van der Waals surface area contributed by atoms with Gasteiger partial charge in [0.15, 0.2) is 6.29 Å². The quantitative estimate of drug-likeness (QED) is 0.472. The Morgan fingerprint density at radius 2 is 2.19 bits per heavy atom. The number of aryl methyl sites for hydroxylation is 1. The lowest BCUT2D eigenvalue weighted by atomic mass is 9.99. The number of rotatable bonds is 4. The lowest BCUT2D eigenvalue weighted by molar-refractivity contribution is -0.384. The molecule has 0 amide bonds. The van der Waals surface area contributed by atoms with Crippen LogP contribution in [0.25, 0.3) is 0 Å². The highest BCUT2D eigenvalue weighted by atomic mass is 16.6. The summed E-state index contributed by atoms with van der Waals surface area (Å²) in [5, 5.41) is 19.2. The highest BCUT2D eigenvalue weighted by Gasteiger charge is 2.15. The van der Waals surface area contributed by atoms with E-state index in [4.69, 9.17) is 5.11 Å². The van der Waals surface area contributed by atoms with Gasteiger partial charge in [-0.2, -0.15) is 0 Å². The number of aldehydes is 1. The lowest BCUT2D eigenvalue weighted by Gasteiger charge is -2.06. The van der Waals surface area contributed by atoms with E-state index < -0.39 is 10.9 Å². The molecule has 1 N–H and O–H groups in total. The average molecular weight is 223 g/mol. The first kappa shape index (κ1) is 11.8. The summed E-state index contributed by atoms with van der Waals surface area (Å²) in [6.07, 6.45) is 0.107. The number of carboxylic acid groups (broad SMARTS) is 1. The number of nitro benzene ring substituents is 1. The Morgan fingerprint density at radius 1 is 1.56 bits per heavy atom. The molecule has 0 aliphatic rings. The van der Waals surface area contributed by atoms with Gasteiger partial charge < -0.3 is 5.11 Å². The summed E-state index contributed by atoms with van der Waals surface area (Å²) >= 11 is 0. The number of hydrogen-bond donors (Lipinski definition) is 1. The molecule has 0 spiro atoms. The Morgan fingerprint density at radius 3 is 2.62 bits per heavy atom. The number of carbonyl (C=O) groups excluding carboxylic acids is 1. The second-order valence-corrected chi connectivity index (χ2v) is 3.28. The molecule has 0 aliphatic carbocycles. The molecule has 6 nitrogen and oxygen atoms in total. The number of nitrogens with zero attached hydrogens (tertiary/aromatic N) is 1. The molecule has 0 bridgehead atoms. The van der Waals surface area contributed by atoms with E-state index in [1.807, 2.05) is 0 Å². The Labute approximate surface area is 90.7 Å². The maximum absolute atomic E-state index is 10.7. The molecule has 0 unspecified atom stereocenters. The number of non-ortho nitro benzene ring substituents is 1. The van der Waals surface area contributed by atoms with Gasteiger partial charge in [0.2, 0.25) is 0 Å². The maximum Gasteiger partial charge on any atom is 0.307 e. The molecule has 0 saturated heterocycles. The van der Waals surface area contributed by atoms with Crippen molar-refractivity contribution in [3.8, 4) is 0 Å². The van der Waals surface area contributed by atoms with Crippen molar-refractivity contribution >= 4 is 17.9 Å². The van der Waals surface area contributed by atoms with Crippen molar-refractivity contribution in [2.45, 2.75) is 13.3 Å². The summed E-state index contributed by atoms with van der Waals surface area (Å²) in [4.78, 5) is 31.2. The van der Waals surface area contributed by atoms with Crippen LogP contribution in [0.2, 0.25) is 0 Å². The minimum absolute atomic E-state index is 0.0501. The normalized spacial score (nSPS) is 9.81. The zero-order chi connectivity index (χ0) is 12.3.